The Hall–Kier alpha value is -2.60. The van der Waals surface area contributed by atoms with E-state index in [2.05, 4.69) is 15.9 Å². The van der Waals surface area contributed by atoms with Crippen LogP contribution in [0.2, 0.25) is 0 Å². The van der Waals surface area contributed by atoms with Crippen LogP contribution >= 0.6 is 15.9 Å². The van der Waals surface area contributed by atoms with Crippen molar-refractivity contribution in [2.24, 2.45) is 0 Å². The highest BCUT2D eigenvalue weighted by Crippen LogP contribution is 2.33. The first-order chi connectivity index (χ1) is 13.0. The third-order valence-electron chi connectivity index (χ3n) is 4.24. The molecule has 0 spiro atoms. The molecule has 0 atom stereocenters. The van der Waals surface area contributed by atoms with E-state index in [0.717, 1.165) is 15.2 Å². The van der Waals surface area contributed by atoms with Crippen molar-refractivity contribution in [3.63, 3.8) is 0 Å². The van der Waals surface area contributed by atoms with Crippen LogP contribution in [0.4, 0.5) is 4.39 Å². The third kappa shape index (κ3) is 4.39. The molecule has 0 radical (unpaired) electrons. The predicted molar refractivity (Wildman–Crippen MR) is 107 cm³/mol. The van der Waals surface area contributed by atoms with Crippen LogP contribution in [0.3, 0.4) is 0 Å². The minimum absolute atomic E-state index is 0.105. The monoisotopic (exact) mass is 431 g/mol. The standard InChI is InChI=1S/C21H19BrFNO3/c1-24(12-14-7-9-18(26-2)17(23)11-14)20(25)13-27-19-10-8-15-5-3-4-6-16(15)21(19)22/h3-11H,12-13H2,1-2H3. The first-order valence-corrected chi connectivity index (χ1v) is 9.15. The Kier molecular flexibility index (Phi) is 5.96. The molecule has 3 aromatic rings. The summed E-state index contributed by atoms with van der Waals surface area (Å²) in [5.41, 5.74) is 0.677. The van der Waals surface area contributed by atoms with Crippen molar-refractivity contribution in [3.05, 3.63) is 70.5 Å². The van der Waals surface area contributed by atoms with Gasteiger partial charge < -0.3 is 14.4 Å². The van der Waals surface area contributed by atoms with Crippen molar-refractivity contribution >= 4 is 32.6 Å². The summed E-state index contributed by atoms with van der Waals surface area (Å²) in [5, 5.41) is 2.10. The highest BCUT2D eigenvalue weighted by molar-refractivity contribution is 9.10. The summed E-state index contributed by atoms with van der Waals surface area (Å²) in [4.78, 5) is 13.9. The van der Waals surface area contributed by atoms with Gasteiger partial charge in [-0.05, 0) is 50.5 Å². The molecule has 0 bridgehead atoms. The number of methoxy groups -OCH3 is 1. The molecule has 0 unspecified atom stereocenters. The molecule has 0 aliphatic heterocycles. The fourth-order valence-corrected chi connectivity index (χ4v) is 3.35. The number of halogens is 2. The second-order valence-electron chi connectivity index (χ2n) is 6.11. The van der Waals surface area contributed by atoms with E-state index >= 15 is 0 Å². The number of hydrogen-bond donors (Lipinski definition) is 0. The Balaban J connectivity index is 1.63. The normalized spacial score (nSPS) is 10.7. The van der Waals surface area contributed by atoms with Crippen molar-refractivity contribution in [2.45, 2.75) is 6.54 Å². The van der Waals surface area contributed by atoms with Gasteiger partial charge >= 0.3 is 0 Å². The van der Waals surface area contributed by atoms with Gasteiger partial charge in [-0.2, -0.15) is 0 Å². The Morgan fingerprint density at radius 2 is 1.85 bits per heavy atom. The van der Waals surface area contributed by atoms with Gasteiger partial charge in [0.1, 0.15) is 5.75 Å². The zero-order valence-electron chi connectivity index (χ0n) is 15.0. The predicted octanol–water partition coefficient (Wildman–Crippen LogP) is 4.79. The van der Waals surface area contributed by atoms with E-state index in [-0.39, 0.29) is 24.8 Å². The number of rotatable bonds is 6. The van der Waals surface area contributed by atoms with Gasteiger partial charge in [0.15, 0.2) is 18.2 Å². The highest BCUT2D eigenvalue weighted by Gasteiger charge is 2.13. The van der Waals surface area contributed by atoms with Gasteiger partial charge in [-0.3, -0.25) is 4.79 Å². The first-order valence-electron chi connectivity index (χ1n) is 8.36. The number of ether oxygens (including phenoxy) is 2. The van der Waals surface area contributed by atoms with E-state index in [0.29, 0.717) is 11.3 Å². The number of nitrogens with zero attached hydrogens (tertiary/aromatic N) is 1. The summed E-state index contributed by atoms with van der Waals surface area (Å²) in [5.74, 6) is 0.127. The summed E-state index contributed by atoms with van der Waals surface area (Å²) in [6.45, 7) is 0.175. The molecule has 1 amide bonds. The van der Waals surface area contributed by atoms with Crippen LogP contribution in [0.25, 0.3) is 10.8 Å². The maximum Gasteiger partial charge on any atom is 0.260 e. The number of benzene rings is 3. The van der Waals surface area contributed by atoms with Gasteiger partial charge in [0.2, 0.25) is 0 Å². The number of carbonyl (C=O) groups is 1. The van der Waals surface area contributed by atoms with Gasteiger partial charge in [-0.1, -0.05) is 36.4 Å². The molecule has 140 valence electrons. The molecule has 0 aliphatic rings. The lowest BCUT2D eigenvalue weighted by atomic mass is 10.1. The molecular formula is C21H19BrFNO3. The Bertz CT molecular complexity index is 977. The second-order valence-corrected chi connectivity index (χ2v) is 6.90. The molecule has 0 saturated carbocycles. The molecular weight excluding hydrogens is 413 g/mol. The number of fused-ring (bicyclic) bond motifs is 1. The minimum Gasteiger partial charge on any atom is -0.494 e. The summed E-state index contributed by atoms with van der Waals surface area (Å²) >= 11 is 3.54. The zero-order chi connectivity index (χ0) is 19.4. The van der Waals surface area contributed by atoms with E-state index < -0.39 is 5.82 Å². The maximum absolute atomic E-state index is 13.8. The largest absolute Gasteiger partial charge is 0.494 e. The van der Waals surface area contributed by atoms with Crippen LogP contribution in [0.5, 0.6) is 11.5 Å². The Labute approximate surface area is 165 Å². The van der Waals surface area contributed by atoms with Crippen molar-refractivity contribution in [1.82, 2.24) is 4.90 Å². The van der Waals surface area contributed by atoms with Gasteiger partial charge in [0, 0.05) is 13.6 Å². The third-order valence-corrected chi connectivity index (χ3v) is 5.06. The van der Waals surface area contributed by atoms with E-state index in [1.54, 1.807) is 19.2 Å². The first kappa shape index (κ1) is 19.2. The van der Waals surface area contributed by atoms with Crippen LogP contribution < -0.4 is 9.47 Å². The van der Waals surface area contributed by atoms with Crippen molar-refractivity contribution in [3.8, 4) is 11.5 Å². The summed E-state index contributed by atoms with van der Waals surface area (Å²) in [6, 6.07) is 16.3. The molecule has 0 aromatic heterocycles. The maximum atomic E-state index is 13.8. The van der Waals surface area contributed by atoms with Gasteiger partial charge in [0.25, 0.3) is 5.91 Å². The zero-order valence-corrected chi connectivity index (χ0v) is 16.6. The number of carbonyl (C=O) groups excluding carboxylic acids is 1. The average Bonchev–Trinajstić information content (AvgIpc) is 2.67. The fourth-order valence-electron chi connectivity index (χ4n) is 2.75. The average molecular weight is 432 g/mol. The summed E-state index contributed by atoms with van der Waals surface area (Å²) in [7, 11) is 3.07. The van der Waals surface area contributed by atoms with E-state index in [1.165, 1.54) is 18.1 Å². The molecule has 0 N–H and O–H groups in total. The lowest BCUT2D eigenvalue weighted by Gasteiger charge is -2.18. The Morgan fingerprint density at radius 3 is 2.59 bits per heavy atom. The fraction of sp³-hybridized carbons (Fsp3) is 0.190. The van der Waals surface area contributed by atoms with Crippen LogP contribution in [0.15, 0.2) is 59.1 Å². The summed E-state index contributed by atoms with van der Waals surface area (Å²) in [6.07, 6.45) is 0. The summed E-state index contributed by atoms with van der Waals surface area (Å²) < 4.78 is 25.2. The van der Waals surface area contributed by atoms with Crippen LogP contribution in [0.1, 0.15) is 5.56 Å². The Morgan fingerprint density at radius 1 is 1.11 bits per heavy atom. The number of amides is 1. The SMILES string of the molecule is COc1ccc(CN(C)C(=O)COc2ccc3ccccc3c2Br)cc1F. The van der Waals surface area contributed by atoms with E-state index in [1.807, 2.05) is 36.4 Å². The van der Waals surface area contributed by atoms with Gasteiger partial charge in [-0.25, -0.2) is 4.39 Å². The minimum atomic E-state index is -0.452. The highest BCUT2D eigenvalue weighted by atomic mass is 79.9. The second kappa shape index (κ2) is 8.39. The molecule has 27 heavy (non-hydrogen) atoms. The molecule has 3 rings (SSSR count). The lowest BCUT2D eigenvalue weighted by molar-refractivity contribution is -0.132. The molecule has 0 saturated heterocycles. The molecule has 0 heterocycles. The lowest BCUT2D eigenvalue weighted by Crippen LogP contribution is -2.31. The molecule has 3 aromatic carbocycles. The van der Waals surface area contributed by atoms with Crippen LogP contribution in [-0.2, 0) is 11.3 Å². The quantitative estimate of drug-likeness (QED) is 0.563. The molecule has 6 heteroatoms. The van der Waals surface area contributed by atoms with Crippen molar-refractivity contribution in [2.75, 3.05) is 20.8 Å². The van der Waals surface area contributed by atoms with E-state index in [4.69, 9.17) is 9.47 Å². The van der Waals surface area contributed by atoms with Crippen molar-refractivity contribution in [1.29, 1.82) is 0 Å². The molecule has 0 aliphatic carbocycles. The van der Waals surface area contributed by atoms with Crippen molar-refractivity contribution < 1.29 is 18.7 Å². The molecule has 4 nitrogen and oxygen atoms in total. The number of hydrogen-bond acceptors (Lipinski definition) is 3. The van der Waals surface area contributed by atoms with Crippen LogP contribution in [0, 0.1) is 5.82 Å². The van der Waals surface area contributed by atoms with Crippen LogP contribution in [-0.4, -0.2) is 31.6 Å². The smallest absolute Gasteiger partial charge is 0.260 e. The van der Waals surface area contributed by atoms with Gasteiger partial charge in [-0.15, -0.1) is 0 Å². The van der Waals surface area contributed by atoms with E-state index in [9.17, 15) is 9.18 Å². The van der Waals surface area contributed by atoms with Gasteiger partial charge in [0.05, 0.1) is 11.6 Å². The number of likely N-dealkylation sites (N-methyl/N-ethyl adjacent to an activating group) is 1. The molecule has 0 fully saturated rings. The topological polar surface area (TPSA) is 38.8 Å².